The predicted molar refractivity (Wildman–Crippen MR) is 106 cm³/mol. The average Bonchev–Trinajstić information content (AvgIpc) is 2.89. The van der Waals surface area contributed by atoms with Crippen LogP contribution in [0.3, 0.4) is 0 Å². The normalized spacial score (nSPS) is 17.3. The molecule has 0 radical (unpaired) electrons. The van der Waals surface area contributed by atoms with E-state index < -0.39 is 17.6 Å². The molecule has 156 valence electrons. The maximum Gasteiger partial charge on any atom is 0.416 e. The second kappa shape index (κ2) is 7.85. The van der Waals surface area contributed by atoms with Crippen molar-refractivity contribution >= 4 is 28.6 Å². The minimum Gasteiger partial charge on any atom is -0.493 e. The number of anilines is 2. The molecular weight excluding hydrogens is 397 g/mol. The Bertz CT molecular complexity index is 1040. The van der Waals surface area contributed by atoms with E-state index in [-0.39, 0.29) is 31.1 Å². The molecule has 2 aliphatic heterocycles. The first-order valence-electron chi connectivity index (χ1n) is 9.55. The zero-order valence-corrected chi connectivity index (χ0v) is 15.9. The highest BCUT2D eigenvalue weighted by molar-refractivity contribution is 6.06. The third-order valence-electron chi connectivity index (χ3n) is 5.09. The molecule has 0 spiro atoms. The number of hydrogen-bond donors (Lipinski definition) is 2. The van der Waals surface area contributed by atoms with Gasteiger partial charge in [0.15, 0.2) is 5.78 Å². The minimum absolute atomic E-state index is 0.0258. The standard InChI is InChI=1S/C22H19F3N2O3/c23-22(24,25)14-6-7-16-13(3-2-8-30-20(16)10-14)9-21(29)27-19-5-1-4-18-17(19)11-15(28)12-26-18/h1,4-7,9-10,26H,2-3,8,11-12H2,(H,27,29). The molecule has 4 rings (SSSR count). The molecule has 8 heteroatoms. The molecular formula is C22H19F3N2O3. The Balaban J connectivity index is 1.61. The molecule has 2 aromatic rings. The van der Waals surface area contributed by atoms with E-state index in [1.165, 1.54) is 12.1 Å². The van der Waals surface area contributed by atoms with E-state index in [0.29, 0.717) is 29.7 Å². The summed E-state index contributed by atoms with van der Waals surface area (Å²) in [7, 11) is 0. The van der Waals surface area contributed by atoms with E-state index in [9.17, 15) is 22.8 Å². The number of rotatable bonds is 2. The molecule has 0 atom stereocenters. The summed E-state index contributed by atoms with van der Waals surface area (Å²) in [6, 6.07) is 8.64. The number of ether oxygens (including phenoxy) is 1. The summed E-state index contributed by atoms with van der Waals surface area (Å²) < 4.78 is 44.5. The van der Waals surface area contributed by atoms with Crippen LogP contribution in [0.1, 0.15) is 29.5 Å². The Kier molecular flexibility index (Phi) is 5.24. The summed E-state index contributed by atoms with van der Waals surface area (Å²) in [5.74, 6) is -0.268. The van der Waals surface area contributed by atoms with Crippen LogP contribution in [0.5, 0.6) is 5.75 Å². The SMILES string of the molecule is O=C1CNc2cccc(NC(=O)C=C3CCCOc4cc(C(F)(F)F)ccc43)c2C1. The van der Waals surface area contributed by atoms with Gasteiger partial charge in [0.2, 0.25) is 5.91 Å². The van der Waals surface area contributed by atoms with E-state index in [4.69, 9.17) is 4.74 Å². The number of halogens is 3. The number of allylic oxidation sites excluding steroid dienone is 1. The molecule has 2 aromatic carbocycles. The van der Waals surface area contributed by atoms with Crippen LogP contribution in [0.2, 0.25) is 0 Å². The molecule has 0 bridgehead atoms. The van der Waals surface area contributed by atoms with Gasteiger partial charge in [-0.1, -0.05) is 12.1 Å². The van der Waals surface area contributed by atoms with Gasteiger partial charge in [-0.2, -0.15) is 13.2 Å². The second-order valence-electron chi connectivity index (χ2n) is 7.22. The quantitative estimate of drug-likeness (QED) is 0.711. The summed E-state index contributed by atoms with van der Waals surface area (Å²) in [6.45, 7) is 0.526. The molecule has 0 fully saturated rings. The number of ketones is 1. The molecule has 0 aromatic heterocycles. The van der Waals surface area contributed by atoms with E-state index in [1.54, 1.807) is 12.1 Å². The fourth-order valence-corrected chi connectivity index (χ4v) is 3.65. The summed E-state index contributed by atoms with van der Waals surface area (Å²) in [5.41, 5.74) is 2.34. The lowest BCUT2D eigenvalue weighted by molar-refractivity contribution is -0.137. The maximum absolute atomic E-state index is 13.0. The Labute approximate surface area is 170 Å². The number of amides is 1. The third-order valence-corrected chi connectivity index (χ3v) is 5.09. The second-order valence-corrected chi connectivity index (χ2v) is 7.22. The van der Waals surface area contributed by atoms with Crippen molar-refractivity contribution in [3.05, 3.63) is 59.2 Å². The van der Waals surface area contributed by atoms with Crippen LogP contribution in [0.25, 0.3) is 5.57 Å². The molecule has 5 nitrogen and oxygen atoms in total. The largest absolute Gasteiger partial charge is 0.493 e. The van der Waals surface area contributed by atoms with Gasteiger partial charge in [-0.15, -0.1) is 0 Å². The van der Waals surface area contributed by atoms with Crippen LogP contribution >= 0.6 is 0 Å². The first-order chi connectivity index (χ1) is 14.3. The van der Waals surface area contributed by atoms with Crippen LogP contribution in [-0.2, 0) is 22.2 Å². The Hall–Kier alpha value is -3.29. The van der Waals surface area contributed by atoms with Gasteiger partial charge in [0.05, 0.1) is 18.7 Å². The monoisotopic (exact) mass is 416 g/mol. The molecule has 0 saturated heterocycles. The van der Waals surface area contributed by atoms with E-state index in [0.717, 1.165) is 23.4 Å². The van der Waals surface area contributed by atoms with Gasteiger partial charge >= 0.3 is 6.18 Å². The number of Topliss-reactive ketones (excluding diaryl/α,β-unsaturated/α-hetero) is 1. The van der Waals surface area contributed by atoms with Crippen molar-refractivity contribution < 1.29 is 27.5 Å². The maximum atomic E-state index is 13.0. The first-order valence-corrected chi connectivity index (χ1v) is 9.55. The Morgan fingerprint density at radius 2 is 2.03 bits per heavy atom. The lowest BCUT2D eigenvalue weighted by atomic mass is 9.98. The summed E-state index contributed by atoms with van der Waals surface area (Å²) >= 11 is 0. The number of hydrogen-bond acceptors (Lipinski definition) is 4. The van der Waals surface area contributed by atoms with Crippen molar-refractivity contribution in [1.82, 2.24) is 0 Å². The summed E-state index contributed by atoms with van der Waals surface area (Å²) in [5, 5.41) is 5.82. The minimum atomic E-state index is -4.47. The molecule has 2 aliphatic rings. The highest BCUT2D eigenvalue weighted by Gasteiger charge is 2.32. The number of nitrogens with one attached hydrogen (secondary N) is 2. The van der Waals surface area contributed by atoms with Crippen LogP contribution in [0.4, 0.5) is 24.5 Å². The molecule has 2 N–H and O–H groups in total. The van der Waals surface area contributed by atoms with Crippen molar-refractivity contribution in [2.45, 2.75) is 25.4 Å². The third kappa shape index (κ3) is 4.17. The van der Waals surface area contributed by atoms with Crippen LogP contribution in [0, 0.1) is 0 Å². The predicted octanol–water partition coefficient (Wildman–Crippen LogP) is 4.44. The Morgan fingerprint density at radius 1 is 1.20 bits per heavy atom. The van der Waals surface area contributed by atoms with E-state index >= 15 is 0 Å². The molecule has 1 amide bonds. The van der Waals surface area contributed by atoms with Gasteiger partial charge in [0.25, 0.3) is 0 Å². The van der Waals surface area contributed by atoms with E-state index in [2.05, 4.69) is 10.6 Å². The van der Waals surface area contributed by atoms with Crippen LogP contribution in [0.15, 0.2) is 42.5 Å². The van der Waals surface area contributed by atoms with Gasteiger partial charge in [-0.05, 0) is 42.7 Å². The summed E-state index contributed by atoms with van der Waals surface area (Å²) in [6.07, 6.45) is -1.78. The van der Waals surface area contributed by atoms with Crippen LogP contribution in [-0.4, -0.2) is 24.8 Å². The van der Waals surface area contributed by atoms with Crippen molar-refractivity contribution in [2.75, 3.05) is 23.8 Å². The lowest BCUT2D eigenvalue weighted by Gasteiger charge is -2.20. The van der Waals surface area contributed by atoms with Crippen molar-refractivity contribution in [3.8, 4) is 5.75 Å². The fourth-order valence-electron chi connectivity index (χ4n) is 3.65. The van der Waals surface area contributed by atoms with E-state index in [1.807, 2.05) is 6.07 Å². The van der Waals surface area contributed by atoms with Gasteiger partial charge in [0, 0.05) is 35.0 Å². The van der Waals surface area contributed by atoms with Crippen molar-refractivity contribution in [3.63, 3.8) is 0 Å². The van der Waals surface area contributed by atoms with Crippen molar-refractivity contribution in [1.29, 1.82) is 0 Å². The number of fused-ring (bicyclic) bond motifs is 2. The number of carbonyl (C=O) groups excluding carboxylic acids is 2. The first kappa shape index (κ1) is 20.0. The zero-order valence-electron chi connectivity index (χ0n) is 15.9. The molecule has 30 heavy (non-hydrogen) atoms. The van der Waals surface area contributed by atoms with Crippen molar-refractivity contribution in [2.24, 2.45) is 0 Å². The number of alkyl halides is 3. The van der Waals surface area contributed by atoms with Gasteiger partial charge in [0.1, 0.15) is 5.75 Å². The lowest BCUT2D eigenvalue weighted by Crippen LogP contribution is -2.24. The molecule has 0 unspecified atom stereocenters. The van der Waals surface area contributed by atoms with Gasteiger partial charge in [-0.25, -0.2) is 0 Å². The fraction of sp³-hybridized carbons (Fsp3) is 0.273. The average molecular weight is 416 g/mol. The van der Waals surface area contributed by atoms with Crippen LogP contribution < -0.4 is 15.4 Å². The number of benzene rings is 2. The highest BCUT2D eigenvalue weighted by Crippen LogP contribution is 2.38. The number of carbonyl (C=O) groups is 2. The molecule has 0 saturated carbocycles. The smallest absolute Gasteiger partial charge is 0.416 e. The molecule has 2 heterocycles. The zero-order chi connectivity index (χ0) is 21.3. The van der Waals surface area contributed by atoms with Gasteiger partial charge < -0.3 is 15.4 Å². The molecule has 0 aliphatic carbocycles. The summed E-state index contributed by atoms with van der Waals surface area (Å²) in [4.78, 5) is 24.5. The highest BCUT2D eigenvalue weighted by atomic mass is 19.4. The van der Waals surface area contributed by atoms with Gasteiger partial charge in [-0.3, -0.25) is 9.59 Å². The Morgan fingerprint density at radius 3 is 2.83 bits per heavy atom. The topological polar surface area (TPSA) is 67.4 Å².